The van der Waals surface area contributed by atoms with Crippen LogP contribution in [0.3, 0.4) is 0 Å². The molecule has 2 N–H and O–H groups in total. The van der Waals surface area contributed by atoms with Gasteiger partial charge in [-0.3, -0.25) is 14.0 Å². The molecular formula is C40H38N6O3. The van der Waals surface area contributed by atoms with Crippen LogP contribution in [-0.4, -0.2) is 42.4 Å². The van der Waals surface area contributed by atoms with Crippen molar-refractivity contribution in [2.45, 2.75) is 65.7 Å². The van der Waals surface area contributed by atoms with E-state index in [9.17, 15) is 9.59 Å². The molecule has 0 spiro atoms. The number of hydrogen-bond donors (Lipinski definition) is 2. The maximum absolute atomic E-state index is 14.5. The molecule has 2 aliphatic rings. The highest BCUT2D eigenvalue weighted by atomic mass is 16.5. The summed E-state index contributed by atoms with van der Waals surface area (Å²) in [6.07, 6.45) is 3.48. The maximum atomic E-state index is 14.5. The zero-order valence-corrected chi connectivity index (χ0v) is 28.6. The molecule has 0 radical (unpaired) electrons. The minimum atomic E-state index is -0.266. The third kappa shape index (κ3) is 4.48. The molecule has 9 heteroatoms. The number of esters is 1. The first-order valence-electron chi connectivity index (χ1n) is 16.8. The van der Waals surface area contributed by atoms with E-state index >= 15 is 0 Å². The molecule has 7 heterocycles. The van der Waals surface area contributed by atoms with E-state index < -0.39 is 0 Å². The van der Waals surface area contributed by atoms with E-state index in [1.54, 1.807) is 4.40 Å². The number of fused-ring (bicyclic) bond motifs is 12. The van der Waals surface area contributed by atoms with Gasteiger partial charge in [0.25, 0.3) is 5.56 Å². The van der Waals surface area contributed by atoms with Crippen LogP contribution in [0.4, 0.5) is 0 Å². The van der Waals surface area contributed by atoms with Gasteiger partial charge in [-0.25, -0.2) is 15.0 Å². The predicted octanol–water partition coefficient (Wildman–Crippen LogP) is 8.51. The number of aromatic nitrogens is 6. The molecule has 9 nitrogen and oxygen atoms in total. The number of H-pyrrole nitrogens is 2. The molecule has 2 aliphatic heterocycles. The number of rotatable bonds is 5. The number of carbonyl (C=O) groups is 1. The molecular weight excluding hydrogens is 612 g/mol. The Hall–Kier alpha value is -5.57. The Bertz CT molecular complexity index is 2660. The lowest BCUT2D eigenvalue weighted by atomic mass is 9.86. The van der Waals surface area contributed by atoms with Gasteiger partial charge in [0.2, 0.25) is 0 Å². The van der Waals surface area contributed by atoms with Crippen LogP contribution in [0, 0.1) is 13.8 Å². The number of ether oxygens (including phenoxy) is 1. The van der Waals surface area contributed by atoms with E-state index in [1.165, 1.54) is 7.11 Å². The van der Waals surface area contributed by atoms with Gasteiger partial charge in [-0.15, -0.1) is 0 Å². The number of benzene rings is 1. The van der Waals surface area contributed by atoms with E-state index in [1.807, 2.05) is 43.3 Å². The number of nitrogens with zero attached hydrogens (tertiary/aromatic N) is 4. The molecule has 0 amide bonds. The van der Waals surface area contributed by atoms with Gasteiger partial charge in [0.05, 0.1) is 51.3 Å². The number of pyridine rings is 1. The molecule has 8 rings (SSSR count). The first-order chi connectivity index (χ1) is 23.6. The van der Waals surface area contributed by atoms with Crippen molar-refractivity contribution in [3.05, 3.63) is 98.9 Å². The van der Waals surface area contributed by atoms with Crippen molar-refractivity contribution in [2.24, 2.45) is 0 Å². The Kier molecular flexibility index (Phi) is 7.06. The van der Waals surface area contributed by atoms with Crippen molar-refractivity contribution in [3.63, 3.8) is 0 Å². The summed E-state index contributed by atoms with van der Waals surface area (Å²) < 4.78 is 6.80. The van der Waals surface area contributed by atoms with Gasteiger partial charge in [0.1, 0.15) is 0 Å². The van der Waals surface area contributed by atoms with E-state index in [-0.39, 0.29) is 29.8 Å². The lowest BCUT2D eigenvalue weighted by Crippen LogP contribution is -2.14. The number of carbonyl (C=O) groups excluding carboxylic acids is 1. The van der Waals surface area contributed by atoms with E-state index in [0.717, 1.165) is 84.5 Å². The van der Waals surface area contributed by atoms with Crippen molar-refractivity contribution in [3.8, 4) is 0 Å². The van der Waals surface area contributed by atoms with Crippen LogP contribution in [0.2, 0.25) is 0 Å². The fourth-order valence-corrected chi connectivity index (χ4v) is 7.96. The number of allylic oxidation sites excluding steroid dienone is 2. The Labute approximate surface area is 282 Å². The molecule has 6 aromatic rings. The highest BCUT2D eigenvalue weighted by Crippen LogP contribution is 2.44. The Morgan fingerprint density at radius 2 is 1.78 bits per heavy atom. The van der Waals surface area contributed by atoms with Crippen LogP contribution >= 0.6 is 0 Å². The summed E-state index contributed by atoms with van der Waals surface area (Å²) in [5.74, 6) is -0.375. The molecule has 49 heavy (non-hydrogen) atoms. The Morgan fingerprint density at radius 1 is 0.980 bits per heavy atom. The summed E-state index contributed by atoms with van der Waals surface area (Å²) in [6, 6.07) is 14.0. The van der Waals surface area contributed by atoms with Gasteiger partial charge in [-0.2, -0.15) is 0 Å². The van der Waals surface area contributed by atoms with Crippen molar-refractivity contribution in [2.75, 3.05) is 7.11 Å². The number of aryl methyl sites for hydroxylation is 2. The molecule has 0 fully saturated rings. The van der Waals surface area contributed by atoms with Crippen LogP contribution in [0.15, 0.2) is 53.8 Å². The van der Waals surface area contributed by atoms with Gasteiger partial charge < -0.3 is 14.7 Å². The largest absolute Gasteiger partial charge is 0.469 e. The standard InChI is InChI=1S/C40H38N6O3/c1-8-23-19(3)27-16-29-21(5)25(14-15-34(47)49-7)37(43-29)36-38-35(40(48)46-33-13-11-10-12-26(33)45-39(36)46)22(6)30(44-38)18-32-24(9-2)20(4)28(42-32)17-31(23)41-27/h8,10-13,16-18,21,25,41,43H,1,9,14-15H2,2-7H3/t21-,25-/m0/s1. The minimum absolute atomic E-state index is 0.000572. The van der Waals surface area contributed by atoms with Crippen molar-refractivity contribution < 1.29 is 9.53 Å². The second-order valence-electron chi connectivity index (χ2n) is 13.3. The van der Waals surface area contributed by atoms with Crippen LogP contribution in [-0.2, 0) is 9.53 Å². The summed E-state index contributed by atoms with van der Waals surface area (Å²) >= 11 is 0. The summed E-state index contributed by atoms with van der Waals surface area (Å²) in [4.78, 5) is 49.9. The quantitative estimate of drug-likeness (QED) is 0.181. The number of para-hydroxylation sites is 2. The number of methoxy groups -OCH3 is 1. The van der Waals surface area contributed by atoms with Crippen molar-refractivity contribution in [1.82, 2.24) is 29.3 Å². The molecule has 2 atom stereocenters. The van der Waals surface area contributed by atoms with E-state index in [4.69, 9.17) is 19.7 Å². The van der Waals surface area contributed by atoms with Crippen LogP contribution in [0.25, 0.3) is 66.7 Å². The molecule has 0 unspecified atom stereocenters. The van der Waals surface area contributed by atoms with Crippen LogP contribution < -0.4 is 5.56 Å². The zero-order valence-electron chi connectivity index (χ0n) is 28.6. The van der Waals surface area contributed by atoms with Crippen molar-refractivity contribution >= 4 is 72.7 Å². The molecule has 0 aliphatic carbocycles. The number of hydrogen-bond acceptors (Lipinski definition) is 6. The van der Waals surface area contributed by atoms with Gasteiger partial charge in [0, 0.05) is 46.2 Å². The highest BCUT2D eigenvalue weighted by Gasteiger charge is 2.32. The number of aromatic amines is 2. The predicted molar refractivity (Wildman–Crippen MR) is 197 cm³/mol. The first-order valence-corrected chi connectivity index (χ1v) is 16.8. The maximum Gasteiger partial charge on any atom is 0.305 e. The smallest absolute Gasteiger partial charge is 0.305 e. The molecule has 5 aromatic heterocycles. The van der Waals surface area contributed by atoms with Crippen LogP contribution in [0.1, 0.15) is 91.3 Å². The lowest BCUT2D eigenvalue weighted by molar-refractivity contribution is -0.140. The number of imidazole rings is 1. The summed E-state index contributed by atoms with van der Waals surface area (Å²) in [5.41, 5.74) is 13.8. The average molecular weight is 651 g/mol. The lowest BCUT2D eigenvalue weighted by Gasteiger charge is -2.17. The molecule has 0 saturated carbocycles. The molecule has 0 saturated heterocycles. The zero-order chi connectivity index (χ0) is 34.3. The van der Waals surface area contributed by atoms with Gasteiger partial charge in [-0.1, -0.05) is 38.6 Å². The van der Waals surface area contributed by atoms with E-state index in [2.05, 4.69) is 56.4 Å². The topological polar surface area (TPSA) is 118 Å². The monoisotopic (exact) mass is 650 g/mol. The number of nitrogens with one attached hydrogen (secondary N) is 2. The third-order valence-electron chi connectivity index (χ3n) is 10.7. The van der Waals surface area contributed by atoms with Crippen molar-refractivity contribution in [1.29, 1.82) is 0 Å². The molecule has 1 aromatic carbocycles. The second-order valence-corrected chi connectivity index (χ2v) is 13.3. The van der Waals surface area contributed by atoms with E-state index in [0.29, 0.717) is 28.5 Å². The fourth-order valence-electron chi connectivity index (χ4n) is 7.96. The Morgan fingerprint density at radius 3 is 2.53 bits per heavy atom. The van der Waals surface area contributed by atoms with Gasteiger partial charge in [-0.05, 0) is 86.2 Å². The average Bonchev–Trinajstić information content (AvgIpc) is 3.86. The molecule has 246 valence electrons. The third-order valence-corrected chi connectivity index (χ3v) is 10.7. The summed E-state index contributed by atoms with van der Waals surface area (Å²) in [6.45, 7) is 14.6. The normalized spacial score (nSPS) is 16.4. The van der Waals surface area contributed by atoms with Gasteiger partial charge in [0.15, 0.2) is 5.65 Å². The summed E-state index contributed by atoms with van der Waals surface area (Å²) in [7, 11) is 1.42. The van der Waals surface area contributed by atoms with Gasteiger partial charge >= 0.3 is 5.97 Å². The minimum Gasteiger partial charge on any atom is -0.469 e. The molecule has 8 bridgehead atoms. The van der Waals surface area contributed by atoms with Crippen LogP contribution in [0.5, 0.6) is 0 Å². The Balaban J connectivity index is 1.63. The SMILES string of the molecule is C=Cc1c(C)c2cc3[nH]c(c4c5nc(cc6nc(cc1[nH]2)C(C)=C6CC)c(C)c5c(=O)n1c2ccccc2nc41)[C@@H](CCC(=O)OC)[C@@H]3C. The second kappa shape index (κ2) is 11.3. The summed E-state index contributed by atoms with van der Waals surface area (Å²) in [5, 5.41) is 1.33. The fraction of sp³-hybridized carbons (Fsp3) is 0.275. The first kappa shape index (κ1) is 30.7. The highest BCUT2D eigenvalue weighted by molar-refractivity contribution is 6.10.